The number of aryl methyl sites for hydroxylation is 2. The van der Waals surface area contributed by atoms with Crippen molar-refractivity contribution in [2.45, 2.75) is 13.8 Å². The molecule has 3 aromatic rings. The number of hydrogen-bond donors (Lipinski definition) is 0. The van der Waals surface area contributed by atoms with Crippen LogP contribution in [0.15, 0.2) is 88.8 Å². The average molecular weight is 385 g/mol. The zero-order valence-corrected chi connectivity index (χ0v) is 16.6. The van der Waals surface area contributed by atoms with E-state index in [0.29, 0.717) is 10.1 Å². The monoisotopic (exact) mass is 384 g/mol. The largest absolute Gasteiger partial charge is 0.271 e. The Morgan fingerprint density at radius 1 is 0.857 bits per heavy atom. The van der Waals surface area contributed by atoms with Gasteiger partial charge in [-0.05, 0) is 72.6 Å². The molecule has 1 saturated heterocycles. The zero-order valence-electron chi connectivity index (χ0n) is 15.8. The van der Waals surface area contributed by atoms with E-state index in [1.54, 1.807) is 4.90 Å². The molecule has 1 fully saturated rings. The fourth-order valence-electron chi connectivity index (χ4n) is 3.05. The maximum Gasteiger partial charge on any atom is 0.271 e. The summed E-state index contributed by atoms with van der Waals surface area (Å²) in [6.45, 7) is 4.06. The molecule has 3 nitrogen and oxygen atoms in total. The topological polar surface area (TPSA) is 32.7 Å². The van der Waals surface area contributed by atoms with Gasteiger partial charge in [-0.3, -0.25) is 9.69 Å². The third-order valence-electron chi connectivity index (χ3n) is 4.39. The molecule has 4 rings (SSSR count). The fraction of sp³-hybridized carbons (Fsp3) is 0.0833. The molecule has 1 heterocycles. The van der Waals surface area contributed by atoms with Crippen molar-refractivity contribution < 1.29 is 4.79 Å². The van der Waals surface area contributed by atoms with Gasteiger partial charge in [-0.25, -0.2) is 4.99 Å². The van der Waals surface area contributed by atoms with Crippen molar-refractivity contribution in [1.82, 2.24) is 0 Å². The Kier molecular flexibility index (Phi) is 5.13. The first-order chi connectivity index (χ1) is 13.6. The van der Waals surface area contributed by atoms with E-state index >= 15 is 0 Å². The predicted octanol–water partition coefficient (Wildman–Crippen LogP) is 6.11. The number of thioether (sulfide) groups is 1. The minimum absolute atomic E-state index is 0.0501. The Hall–Kier alpha value is -3.11. The molecule has 0 N–H and O–H groups in total. The number of anilines is 1. The van der Waals surface area contributed by atoms with E-state index in [9.17, 15) is 4.79 Å². The van der Waals surface area contributed by atoms with Gasteiger partial charge < -0.3 is 0 Å². The van der Waals surface area contributed by atoms with Crippen molar-refractivity contribution in [2.75, 3.05) is 4.90 Å². The van der Waals surface area contributed by atoms with Crippen molar-refractivity contribution in [2.24, 2.45) is 4.99 Å². The van der Waals surface area contributed by atoms with Crippen LogP contribution in [0.1, 0.15) is 16.7 Å². The normalized spacial score (nSPS) is 16.9. The van der Waals surface area contributed by atoms with Gasteiger partial charge in [0.15, 0.2) is 5.17 Å². The highest BCUT2D eigenvalue weighted by molar-refractivity contribution is 8.19. The second kappa shape index (κ2) is 7.87. The zero-order chi connectivity index (χ0) is 19.5. The average Bonchev–Trinajstić information content (AvgIpc) is 2.97. The molecular weight excluding hydrogens is 364 g/mol. The van der Waals surface area contributed by atoms with Crippen LogP contribution in [0.5, 0.6) is 0 Å². The Balaban J connectivity index is 1.79. The summed E-state index contributed by atoms with van der Waals surface area (Å²) in [7, 11) is 0. The second-order valence-electron chi connectivity index (χ2n) is 6.73. The number of carbonyl (C=O) groups excluding carboxylic acids is 1. The summed E-state index contributed by atoms with van der Waals surface area (Å²) in [4.78, 5) is 20.4. The molecule has 1 aliphatic rings. The first-order valence-corrected chi connectivity index (χ1v) is 9.93. The minimum atomic E-state index is -0.0501. The van der Waals surface area contributed by atoms with E-state index in [4.69, 9.17) is 4.99 Å². The number of nitrogens with zero attached hydrogens (tertiary/aromatic N) is 2. The van der Waals surface area contributed by atoms with Crippen LogP contribution in [-0.2, 0) is 4.79 Å². The van der Waals surface area contributed by atoms with E-state index in [-0.39, 0.29) is 5.91 Å². The molecule has 0 atom stereocenters. The highest BCUT2D eigenvalue weighted by atomic mass is 32.2. The summed E-state index contributed by atoms with van der Waals surface area (Å²) in [5.41, 5.74) is 4.91. The summed E-state index contributed by atoms with van der Waals surface area (Å²) < 4.78 is 0. The van der Waals surface area contributed by atoms with Crippen molar-refractivity contribution in [3.63, 3.8) is 0 Å². The lowest BCUT2D eigenvalue weighted by Crippen LogP contribution is -2.28. The lowest BCUT2D eigenvalue weighted by Gasteiger charge is -2.16. The first kappa shape index (κ1) is 18.3. The van der Waals surface area contributed by atoms with Crippen molar-refractivity contribution >= 4 is 40.3 Å². The van der Waals surface area contributed by atoms with Crippen LogP contribution >= 0.6 is 11.8 Å². The lowest BCUT2D eigenvalue weighted by atomic mass is 10.2. The fourth-order valence-corrected chi connectivity index (χ4v) is 4.05. The lowest BCUT2D eigenvalue weighted by molar-refractivity contribution is -0.113. The minimum Gasteiger partial charge on any atom is -0.268 e. The van der Waals surface area contributed by atoms with Crippen LogP contribution in [0.4, 0.5) is 11.4 Å². The van der Waals surface area contributed by atoms with E-state index in [1.807, 2.05) is 98.8 Å². The predicted molar refractivity (Wildman–Crippen MR) is 119 cm³/mol. The number of hydrogen-bond acceptors (Lipinski definition) is 3. The van der Waals surface area contributed by atoms with E-state index < -0.39 is 0 Å². The molecule has 0 unspecified atom stereocenters. The molecule has 0 saturated carbocycles. The number of benzene rings is 3. The van der Waals surface area contributed by atoms with Crippen LogP contribution in [0.3, 0.4) is 0 Å². The van der Waals surface area contributed by atoms with Gasteiger partial charge in [0, 0.05) is 0 Å². The third-order valence-corrected chi connectivity index (χ3v) is 5.36. The van der Waals surface area contributed by atoms with Crippen LogP contribution < -0.4 is 4.90 Å². The van der Waals surface area contributed by atoms with Gasteiger partial charge in [-0.15, -0.1) is 0 Å². The van der Waals surface area contributed by atoms with Crippen molar-refractivity contribution in [3.8, 4) is 0 Å². The van der Waals surface area contributed by atoms with E-state index in [0.717, 1.165) is 28.1 Å². The molecule has 0 bridgehead atoms. The highest BCUT2D eigenvalue weighted by Gasteiger charge is 2.34. The second-order valence-corrected chi connectivity index (χ2v) is 7.74. The van der Waals surface area contributed by atoms with Gasteiger partial charge in [0.2, 0.25) is 0 Å². The molecule has 0 spiro atoms. The number of aliphatic imine (C=N–C) groups is 1. The van der Waals surface area contributed by atoms with Crippen molar-refractivity contribution in [3.05, 3.63) is 100 Å². The SMILES string of the molecule is Cc1cccc(N=C2SC(=Cc3ccccc3)C(=O)N2c2cccc(C)c2)c1. The summed E-state index contributed by atoms with van der Waals surface area (Å²) in [5.74, 6) is -0.0501. The van der Waals surface area contributed by atoms with Gasteiger partial charge in [-0.2, -0.15) is 0 Å². The molecule has 1 aliphatic heterocycles. The van der Waals surface area contributed by atoms with Gasteiger partial charge in [0.05, 0.1) is 16.3 Å². The maximum atomic E-state index is 13.2. The number of carbonyl (C=O) groups is 1. The number of amidine groups is 1. The van der Waals surface area contributed by atoms with Crippen LogP contribution in [0.25, 0.3) is 6.08 Å². The Bertz CT molecular complexity index is 1090. The molecular formula is C24H20N2OS. The number of rotatable bonds is 3. The van der Waals surface area contributed by atoms with Crippen molar-refractivity contribution in [1.29, 1.82) is 0 Å². The van der Waals surface area contributed by atoms with Crippen LogP contribution in [0, 0.1) is 13.8 Å². The van der Waals surface area contributed by atoms with Crippen LogP contribution in [-0.4, -0.2) is 11.1 Å². The standard InChI is InChI=1S/C24H20N2OS/c1-17-8-6-12-20(14-17)25-24-26(21-13-7-9-18(2)15-21)23(27)22(28-24)16-19-10-4-3-5-11-19/h3-16H,1-2H3. The van der Waals surface area contributed by atoms with E-state index in [1.165, 1.54) is 11.8 Å². The maximum absolute atomic E-state index is 13.2. The molecule has 4 heteroatoms. The van der Waals surface area contributed by atoms with Gasteiger partial charge in [0.1, 0.15) is 0 Å². The Morgan fingerprint density at radius 2 is 1.57 bits per heavy atom. The molecule has 1 amide bonds. The summed E-state index contributed by atoms with van der Waals surface area (Å²) in [5, 5.41) is 0.670. The Labute approximate surface area is 169 Å². The third kappa shape index (κ3) is 3.92. The summed E-state index contributed by atoms with van der Waals surface area (Å²) in [6.07, 6.45) is 1.93. The smallest absolute Gasteiger partial charge is 0.268 e. The molecule has 138 valence electrons. The van der Waals surface area contributed by atoms with Gasteiger partial charge >= 0.3 is 0 Å². The number of amides is 1. The van der Waals surface area contributed by atoms with E-state index in [2.05, 4.69) is 0 Å². The van der Waals surface area contributed by atoms with Gasteiger partial charge in [0.25, 0.3) is 5.91 Å². The first-order valence-electron chi connectivity index (χ1n) is 9.11. The molecule has 0 aliphatic carbocycles. The van der Waals surface area contributed by atoms with Gasteiger partial charge in [-0.1, -0.05) is 54.6 Å². The highest BCUT2D eigenvalue weighted by Crippen LogP contribution is 2.37. The summed E-state index contributed by atoms with van der Waals surface area (Å²) in [6, 6.07) is 25.8. The molecule has 0 radical (unpaired) electrons. The van der Waals surface area contributed by atoms with Crippen LogP contribution in [0.2, 0.25) is 0 Å². The molecule has 0 aromatic heterocycles. The molecule has 3 aromatic carbocycles. The quantitative estimate of drug-likeness (QED) is 0.510. The molecule has 28 heavy (non-hydrogen) atoms. The summed E-state index contributed by atoms with van der Waals surface area (Å²) >= 11 is 1.41. The Morgan fingerprint density at radius 3 is 2.29 bits per heavy atom.